The molecule has 0 radical (unpaired) electrons. The van der Waals surface area contributed by atoms with Crippen molar-refractivity contribution in [2.24, 2.45) is 0 Å². The number of hydrogen-bond donors (Lipinski definition) is 1. The van der Waals surface area contributed by atoms with E-state index < -0.39 is 5.97 Å². The molecule has 0 spiro atoms. The molecule has 6 nitrogen and oxygen atoms in total. The van der Waals surface area contributed by atoms with E-state index in [1.807, 2.05) is 6.92 Å². The van der Waals surface area contributed by atoms with Crippen molar-refractivity contribution in [1.82, 2.24) is 0 Å². The fourth-order valence-corrected chi connectivity index (χ4v) is 2.49. The number of methoxy groups -OCH3 is 2. The van der Waals surface area contributed by atoms with Gasteiger partial charge in [-0.1, -0.05) is 0 Å². The summed E-state index contributed by atoms with van der Waals surface area (Å²) in [5, 5.41) is 3.15. The van der Waals surface area contributed by atoms with Crippen molar-refractivity contribution in [3.05, 3.63) is 17.7 Å². The molecular weight excluding hydrogens is 272 g/mol. The SMILES string of the molecule is CCNc1cc(C(=O)OC)cc(N2CCCC2=O)c1OC. The van der Waals surface area contributed by atoms with Crippen molar-refractivity contribution >= 4 is 23.3 Å². The van der Waals surface area contributed by atoms with Gasteiger partial charge in [-0.2, -0.15) is 0 Å². The highest BCUT2D eigenvalue weighted by atomic mass is 16.5. The van der Waals surface area contributed by atoms with Crippen molar-refractivity contribution in [3.8, 4) is 5.75 Å². The molecule has 1 fully saturated rings. The van der Waals surface area contributed by atoms with E-state index in [9.17, 15) is 9.59 Å². The molecule has 1 aromatic carbocycles. The standard InChI is InChI=1S/C15H20N2O4/c1-4-16-11-8-10(15(19)21-3)9-12(14(11)20-2)17-7-5-6-13(17)18/h8-9,16H,4-7H2,1-3H3. The summed E-state index contributed by atoms with van der Waals surface area (Å²) < 4.78 is 10.2. The molecule has 1 aromatic rings. The van der Waals surface area contributed by atoms with Gasteiger partial charge in [0.25, 0.3) is 0 Å². The van der Waals surface area contributed by atoms with Crippen LogP contribution in [0.5, 0.6) is 5.75 Å². The Morgan fingerprint density at radius 1 is 1.38 bits per heavy atom. The molecule has 0 aliphatic carbocycles. The van der Waals surface area contributed by atoms with Crippen LogP contribution in [0.1, 0.15) is 30.1 Å². The van der Waals surface area contributed by atoms with Gasteiger partial charge in [0.05, 0.1) is 31.2 Å². The van der Waals surface area contributed by atoms with Gasteiger partial charge in [0.1, 0.15) is 0 Å². The van der Waals surface area contributed by atoms with Gasteiger partial charge in [-0.3, -0.25) is 4.79 Å². The van der Waals surface area contributed by atoms with Crippen molar-refractivity contribution in [1.29, 1.82) is 0 Å². The Hall–Kier alpha value is -2.24. The number of amides is 1. The Labute approximate surface area is 124 Å². The van der Waals surface area contributed by atoms with Gasteiger partial charge in [-0.25, -0.2) is 4.79 Å². The average molecular weight is 292 g/mol. The first-order valence-corrected chi connectivity index (χ1v) is 6.97. The lowest BCUT2D eigenvalue weighted by Gasteiger charge is -2.22. The highest BCUT2D eigenvalue weighted by molar-refractivity contribution is 6.01. The lowest BCUT2D eigenvalue weighted by atomic mass is 10.1. The summed E-state index contributed by atoms with van der Waals surface area (Å²) in [5.41, 5.74) is 1.68. The highest BCUT2D eigenvalue weighted by Crippen LogP contribution is 2.39. The molecule has 1 amide bonds. The first-order valence-electron chi connectivity index (χ1n) is 6.97. The number of nitrogens with one attached hydrogen (secondary N) is 1. The molecule has 21 heavy (non-hydrogen) atoms. The largest absolute Gasteiger partial charge is 0.492 e. The Kier molecular flexibility index (Phi) is 4.67. The maximum Gasteiger partial charge on any atom is 0.338 e. The summed E-state index contributed by atoms with van der Waals surface area (Å²) in [7, 11) is 2.89. The number of carbonyl (C=O) groups is 2. The number of esters is 1. The third-order valence-electron chi connectivity index (χ3n) is 3.43. The van der Waals surface area contributed by atoms with Crippen LogP contribution < -0.4 is 15.0 Å². The lowest BCUT2D eigenvalue weighted by molar-refractivity contribution is -0.117. The summed E-state index contributed by atoms with van der Waals surface area (Å²) >= 11 is 0. The van der Waals surface area contributed by atoms with Crippen molar-refractivity contribution < 1.29 is 19.1 Å². The van der Waals surface area contributed by atoms with Crippen LogP contribution in [0.2, 0.25) is 0 Å². The Bertz CT molecular complexity index is 557. The molecule has 1 saturated heterocycles. The molecule has 0 atom stereocenters. The first kappa shape index (κ1) is 15.2. The summed E-state index contributed by atoms with van der Waals surface area (Å²) in [6.07, 6.45) is 1.32. The molecule has 6 heteroatoms. The highest BCUT2D eigenvalue weighted by Gasteiger charge is 2.27. The van der Waals surface area contributed by atoms with Gasteiger partial charge in [0.15, 0.2) is 5.75 Å². The Balaban J connectivity index is 2.56. The Morgan fingerprint density at radius 2 is 2.14 bits per heavy atom. The molecule has 114 valence electrons. The molecule has 0 unspecified atom stereocenters. The normalized spacial score (nSPS) is 14.2. The number of hydrogen-bond acceptors (Lipinski definition) is 5. The quantitative estimate of drug-likeness (QED) is 0.841. The zero-order valence-corrected chi connectivity index (χ0v) is 12.6. The number of rotatable bonds is 5. The number of nitrogens with zero attached hydrogens (tertiary/aromatic N) is 1. The third kappa shape index (κ3) is 2.94. The van der Waals surface area contributed by atoms with Crippen LogP contribution in [0, 0.1) is 0 Å². The molecule has 0 saturated carbocycles. The number of anilines is 2. The van der Waals surface area contributed by atoms with E-state index in [1.165, 1.54) is 7.11 Å². The first-order chi connectivity index (χ1) is 10.1. The third-order valence-corrected chi connectivity index (χ3v) is 3.43. The predicted molar refractivity (Wildman–Crippen MR) is 80.1 cm³/mol. The molecule has 1 N–H and O–H groups in total. The van der Waals surface area contributed by atoms with E-state index in [1.54, 1.807) is 24.1 Å². The molecule has 1 heterocycles. The van der Waals surface area contributed by atoms with Crippen LogP contribution in [0.25, 0.3) is 0 Å². The number of ether oxygens (including phenoxy) is 2. The van der Waals surface area contributed by atoms with Gasteiger partial charge >= 0.3 is 5.97 Å². The second-order valence-electron chi connectivity index (χ2n) is 4.75. The van der Waals surface area contributed by atoms with E-state index in [0.29, 0.717) is 42.2 Å². The topological polar surface area (TPSA) is 67.9 Å². The summed E-state index contributed by atoms with van der Waals surface area (Å²) in [5.74, 6) is 0.169. The predicted octanol–water partition coefficient (Wildman–Crippen LogP) is 2.04. The molecule has 1 aliphatic rings. The van der Waals surface area contributed by atoms with Crippen LogP contribution in [0.4, 0.5) is 11.4 Å². The number of carbonyl (C=O) groups excluding carboxylic acids is 2. The molecule has 1 aliphatic heterocycles. The van der Waals surface area contributed by atoms with E-state index in [2.05, 4.69) is 5.32 Å². The van der Waals surface area contributed by atoms with Crippen LogP contribution in [-0.4, -0.2) is 39.2 Å². The van der Waals surface area contributed by atoms with E-state index in [0.717, 1.165) is 6.42 Å². The van der Waals surface area contributed by atoms with Crippen molar-refractivity contribution in [3.63, 3.8) is 0 Å². The zero-order valence-electron chi connectivity index (χ0n) is 12.6. The van der Waals surface area contributed by atoms with E-state index in [-0.39, 0.29) is 5.91 Å². The smallest absolute Gasteiger partial charge is 0.338 e. The monoisotopic (exact) mass is 292 g/mol. The van der Waals surface area contributed by atoms with Crippen molar-refractivity contribution in [2.75, 3.05) is 37.5 Å². The maximum absolute atomic E-state index is 12.0. The minimum absolute atomic E-state index is 0.0396. The minimum Gasteiger partial charge on any atom is -0.492 e. The van der Waals surface area contributed by atoms with Crippen LogP contribution in [0.3, 0.4) is 0 Å². The lowest BCUT2D eigenvalue weighted by Crippen LogP contribution is -2.25. The van der Waals surface area contributed by atoms with Gasteiger partial charge in [0.2, 0.25) is 5.91 Å². The molecule has 0 aromatic heterocycles. The number of benzene rings is 1. The van der Waals surface area contributed by atoms with Crippen LogP contribution in [0.15, 0.2) is 12.1 Å². The minimum atomic E-state index is -0.440. The maximum atomic E-state index is 12.0. The van der Waals surface area contributed by atoms with E-state index >= 15 is 0 Å². The fraction of sp³-hybridized carbons (Fsp3) is 0.467. The Morgan fingerprint density at radius 3 is 2.67 bits per heavy atom. The summed E-state index contributed by atoms with van der Waals surface area (Å²) in [4.78, 5) is 25.5. The molecule has 0 bridgehead atoms. The summed E-state index contributed by atoms with van der Waals surface area (Å²) in [6.45, 7) is 3.25. The molecule has 2 rings (SSSR count). The van der Waals surface area contributed by atoms with Gasteiger partial charge in [-0.05, 0) is 25.5 Å². The average Bonchev–Trinajstić information content (AvgIpc) is 2.92. The van der Waals surface area contributed by atoms with Crippen LogP contribution >= 0.6 is 0 Å². The van der Waals surface area contributed by atoms with Gasteiger partial charge < -0.3 is 19.7 Å². The second kappa shape index (κ2) is 6.47. The van der Waals surface area contributed by atoms with Crippen LogP contribution in [-0.2, 0) is 9.53 Å². The zero-order chi connectivity index (χ0) is 15.4. The summed E-state index contributed by atoms with van der Waals surface area (Å²) in [6, 6.07) is 3.33. The second-order valence-corrected chi connectivity index (χ2v) is 4.75. The van der Waals surface area contributed by atoms with Gasteiger partial charge in [-0.15, -0.1) is 0 Å². The van der Waals surface area contributed by atoms with Crippen molar-refractivity contribution in [2.45, 2.75) is 19.8 Å². The van der Waals surface area contributed by atoms with Gasteiger partial charge in [0, 0.05) is 19.5 Å². The van der Waals surface area contributed by atoms with E-state index in [4.69, 9.17) is 9.47 Å². The molecular formula is C15H20N2O4. The fourth-order valence-electron chi connectivity index (χ4n) is 2.49.